The fourth-order valence-electron chi connectivity index (χ4n) is 2.97. The van der Waals surface area contributed by atoms with Crippen LogP contribution in [0.3, 0.4) is 0 Å². The molecule has 2 aromatic carbocycles. The van der Waals surface area contributed by atoms with Gasteiger partial charge < -0.3 is 15.0 Å². The van der Waals surface area contributed by atoms with Crippen molar-refractivity contribution in [2.24, 2.45) is 0 Å². The van der Waals surface area contributed by atoms with Crippen LogP contribution in [-0.2, 0) is 19.1 Å². The first-order valence-electron chi connectivity index (χ1n) is 9.52. The van der Waals surface area contributed by atoms with Gasteiger partial charge in [0.25, 0.3) is 5.91 Å². The normalized spacial score (nSPS) is 14.6. The van der Waals surface area contributed by atoms with Crippen molar-refractivity contribution in [3.05, 3.63) is 54.1 Å². The van der Waals surface area contributed by atoms with Crippen molar-refractivity contribution in [1.82, 2.24) is 0 Å². The topological polar surface area (TPSA) is 75.7 Å². The van der Waals surface area contributed by atoms with Gasteiger partial charge in [-0.2, -0.15) is 0 Å². The molecule has 29 heavy (non-hydrogen) atoms. The van der Waals surface area contributed by atoms with Gasteiger partial charge in [-0.25, -0.2) is 0 Å². The maximum atomic E-state index is 12.1. The van der Waals surface area contributed by atoms with Crippen LogP contribution in [0.1, 0.15) is 25.3 Å². The van der Waals surface area contributed by atoms with Crippen LogP contribution in [0.15, 0.2) is 53.4 Å². The van der Waals surface area contributed by atoms with E-state index in [2.05, 4.69) is 5.32 Å². The van der Waals surface area contributed by atoms with Crippen molar-refractivity contribution < 1.29 is 19.1 Å². The zero-order chi connectivity index (χ0) is 20.8. The van der Waals surface area contributed by atoms with Gasteiger partial charge in [-0.3, -0.25) is 14.4 Å². The van der Waals surface area contributed by atoms with E-state index in [1.54, 1.807) is 36.1 Å². The highest BCUT2D eigenvalue weighted by Crippen LogP contribution is 2.25. The average Bonchev–Trinajstić information content (AvgIpc) is 3.14. The van der Waals surface area contributed by atoms with Gasteiger partial charge in [-0.05, 0) is 56.7 Å². The SMILES string of the molecule is Cc1ccc(S[C@H](C)C(=O)OCC(=O)Nc2ccc(N3CCCC3=O)cc2)cc1. The summed E-state index contributed by atoms with van der Waals surface area (Å²) in [6.07, 6.45) is 1.44. The Morgan fingerprint density at radius 2 is 1.83 bits per heavy atom. The lowest BCUT2D eigenvalue weighted by Crippen LogP contribution is -2.25. The standard InChI is InChI=1S/C22H24N2O4S/c1-15-5-11-19(12-6-15)29-16(2)22(27)28-14-20(25)23-17-7-9-18(10-8-17)24-13-3-4-21(24)26/h5-12,16H,3-4,13-14H2,1-2H3,(H,23,25)/t16-/m1/s1. The molecular formula is C22H24N2O4S. The molecule has 0 spiro atoms. The third-order valence-electron chi connectivity index (χ3n) is 4.55. The van der Waals surface area contributed by atoms with Crippen LogP contribution in [0, 0.1) is 6.92 Å². The van der Waals surface area contributed by atoms with E-state index in [1.807, 2.05) is 31.2 Å². The molecule has 2 amide bonds. The first kappa shape index (κ1) is 20.9. The molecule has 0 bridgehead atoms. The van der Waals surface area contributed by atoms with Gasteiger partial charge in [0.1, 0.15) is 5.25 Å². The number of carbonyl (C=O) groups excluding carboxylic acids is 3. The van der Waals surface area contributed by atoms with Crippen molar-refractivity contribution in [3.63, 3.8) is 0 Å². The molecule has 0 aliphatic carbocycles. The number of amides is 2. The third-order valence-corrected chi connectivity index (χ3v) is 5.64. The number of thioether (sulfide) groups is 1. The summed E-state index contributed by atoms with van der Waals surface area (Å²) in [5.41, 5.74) is 2.56. The Bertz CT molecular complexity index is 881. The van der Waals surface area contributed by atoms with Gasteiger partial charge in [0.2, 0.25) is 5.91 Å². The number of hydrogen-bond acceptors (Lipinski definition) is 5. The largest absolute Gasteiger partial charge is 0.455 e. The van der Waals surface area contributed by atoms with Gasteiger partial charge in [-0.15, -0.1) is 11.8 Å². The van der Waals surface area contributed by atoms with Gasteiger partial charge in [0, 0.05) is 29.2 Å². The Morgan fingerprint density at radius 1 is 1.14 bits per heavy atom. The van der Waals surface area contributed by atoms with Crippen molar-refractivity contribution in [1.29, 1.82) is 0 Å². The minimum Gasteiger partial charge on any atom is -0.455 e. The Morgan fingerprint density at radius 3 is 2.45 bits per heavy atom. The van der Waals surface area contributed by atoms with E-state index in [0.717, 1.165) is 29.1 Å². The lowest BCUT2D eigenvalue weighted by molar-refractivity contribution is -0.146. The summed E-state index contributed by atoms with van der Waals surface area (Å²) in [5, 5.41) is 2.28. The van der Waals surface area contributed by atoms with Gasteiger partial charge in [0.15, 0.2) is 6.61 Å². The monoisotopic (exact) mass is 412 g/mol. The van der Waals surface area contributed by atoms with Gasteiger partial charge in [0.05, 0.1) is 0 Å². The third kappa shape index (κ3) is 5.84. The lowest BCUT2D eigenvalue weighted by Gasteiger charge is -2.16. The summed E-state index contributed by atoms with van der Waals surface area (Å²) in [7, 11) is 0. The first-order chi connectivity index (χ1) is 13.9. The van der Waals surface area contributed by atoms with Gasteiger partial charge in [-0.1, -0.05) is 17.7 Å². The highest BCUT2D eigenvalue weighted by Gasteiger charge is 2.21. The van der Waals surface area contributed by atoms with Gasteiger partial charge >= 0.3 is 5.97 Å². The molecule has 0 aromatic heterocycles. The smallest absolute Gasteiger partial charge is 0.319 e. The highest BCUT2D eigenvalue weighted by molar-refractivity contribution is 8.00. The molecule has 1 atom stereocenters. The van der Waals surface area contributed by atoms with Crippen LogP contribution >= 0.6 is 11.8 Å². The molecule has 2 aromatic rings. The summed E-state index contributed by atoms with van der Waals surface area (Å²) in [4.78, 5) is 38.7. The number of esters is 1. The van der Waals surface area contributed by atoms with Crippen molar-refractivity contribution in [3.8, 4) is 0 Å². The fraction of sp³-hybridized carbons (Fsp3) is 0.318. The maximum absolute atomic E-state index is 12.1. The summed E-state index contributed by atoms with van der Waals surface area (Å²) >= 11 is 1.39. The quantitative estimate of drug-likeness (QED) is 0.553. The molecular weight excluding hydrogens is 388 g/mol. The summed E-state index contributed by atoms with van der Waals surface area (Å²) in [6.45, 7) is 4.14. The fourth-order valence-corrected chi connectivity index (χ4v) is 3.83. The number of ether oxygens (including phenoxy) is 1. The first-order valence-corrected chi connectivity index (χ1v) is 10.4. The molecule has 1 saturated heterocycles. The van der Waals surface area contributed by atoms with Crippen LogP contribution in [0.2, 0.25) is 0 Å². The Kier molecular flexibility index (Phi) is 6.93. The Labute approximate surface area is 174 Å². The average molecular weight is 413 g/mol. The minimum atomic E-state index is -0.436. The number of hydrogen-bond donors (Lipinski definition) is 1. The van der Waals surface area contributed by atoms with Crippen LogP contribution in [0.25, 0.3) is 0 Å². The summed E-state index contributed by atoms with van der Waals surface area (Å²) in [5.74, 6) is -0.726. The zero-order valence-corrected chi connectivity index (χ0v) is 17.3. The summed E-state index contributed by atoms with van der Waals surface area (Å²) in [6, 6.07) is 14.9. The lowest BCUT2D eigenvalue weighted by atomic mass is 10.2. The van der Waals surface area contributed by atoms with Crippen LogP contribution in [0.4, 0.5) is 11.4 Å². The molecule has 1 aliphatic heterocycles. The molecule has 6 nitrogen and oxygen atoms in total. The molecule has 0 saturated carbocycles. The van der Waals surface area contributed by atoms with Crippen LogP contribution in [-0.4, -0.2) is 36.2 Å². The molecule has 3 rings (SSSR count). The molecule has 1 N–H and O–H groups in total. The van der Waals surface area contributed by atoms with Crippen LogP contribution in [0.5, 0.6) is 0 Å². The molecule has 0 unspecified atom stereocenters. The molecule has 1 aliphatic rings. The van der Waals surface area contributed by atoms with Crippen molar-refractivity contribution in [2.75, 3.05) is 23.4 Å². The second kappa shape index (κ2) is 9.60. The van der Waals surface area contributed by atoms with E-state index >= 15 is 0 Å². The molecule has 152 valence electrons. The van der Waals surface area contributed by atoms with E-state index in [9.17, 15) is 14.4 Å². The second-order valence-corrected chi connectivity index (χ2v) is 8.34. The number of carbonyl (C=O) groups is 3. The van der Waals surface area contributed by atoms with E-state index in [1.165, 1.54) is 11.8 Å². The zero-order valence-electron chi connectivity index (χ0n) is 16.5. The number of nitrogens with zero attached hydrogens (tertiary/aromatic N) is 1. The van der Waals surface area contributed by atoms with E-state index in [0.29, 0.717) is 12.1 Å². The van der Waals surface area contributed by atoms with E-state index in [4.69, 9.17) is 4.74 Å². The number of aryl methyl sites for hydroxylation is 1. The number of anilines is 2. The second-order valence-electron chi connectivity index (χ2n) is 6.92. The number of nitrogens with one attached hydrogen (secondary N) is 1. The Balaban J connectivity index is 1.44. The summed E-state index contributed by atoms with van der Waals surface area (Å²) < 4.78 is 5.13. The predicted molar refractivity (Wildman–Crippen MR) is 114 cm³/mol. The van der Waals surface area contributed by atoms with E-state index < -0.39 is 17.1 Å². The molecule has 1 heterocycles. The van der Waals surface area contributed by atoms with Crippen molar-refractivity contribution in [2.45, 2.75) is 36.8 Å². The van der Waals surface area contributed by atoms with Crippen molar-refractivity contribution >= 4 is 40.9 Å². The number of rotatable bonds is 7. The molecule has 7 heteroatoms. The Hall–Kier alpha value is -2.80. The highest BCUT2D eigenvalue weighted by atomic mass is 32.2. The molecule has 1 fully saturated rings. The number of benzene rings is 2. The minimum absolute atomic E-state index is 0.117. The maximum Gasteiger partial charge on any atom is 0.319 e. The van der Waals surface area contributed by atoms with E-state index in [-0.39, 0.29) is 12.5 Å². The molecule has 0 radical (unpaired) electrons. The van der Waals surface area contributed by atoms with Crippen LogP contribution < -0.4 is 10.2 Å². The predicted octanol–water partition coefficient (Wildman–Crippen LogP) is 3.78.